The van der Waals surface area contributed by atoms with E-state index in [0.29, 0.717) is 30.8 Å². The summed E-state index contributed by atoms with van der Waals surface area (Å²) in [6, 6.07) is 0. The van der Waals surface area contributed by atoms with Crippen LogP contribution in [0.2, 0.25) is 0 Å². The Kier molecular flexibility index (Phi) is 7.21. The van der Waals surface area contributed by atoms with Crippen LogP contribution in [0.15, 0.2) is 12.2 Å². The minimum Gasteiger partial charge on any atom is -0.385 e. The summed E-state index contributed by atoms with van der Waals surface area (Å²) >= 11 is 0. The summed E-state index contributed by atoms with van der Waals surface area (Å²) in [4.78, 5) is 11.0. The molecule has 0 amide bonds. The second-order valence-corrected chi connectivity index (χ2v) is 4.74. The van der Waals surface area contributed by atoms with Crippen LogP contribution in [-0.2, 0) is 9.53 Å². The first-order valence-electron chi connectivity index (χ1n) is 5.56. The highest BCUT2D eigenvalue weighted by atomic mass is 16.5. The van der Waals surface area contributed by atoms with Gasteiger partial charge in [-0.25, -0.2) is 0 Å². The van der Waals surface area contributed by atoms with Gasteiger partial charge in [0.1, 0.15) is 19.2 Å². The van der Waals surface area contributed by atoms with Gasteiger partial charge in [-0.1, -0.05) is 12.2 Å². The summed E-state index contributed by atoms with van der Waals surface area (Å²) in [5.41, 5.74) is 0. The summed E-state index contributed by atoms with van der Waals surface area (Å²) in [7, 11) is 3.85. The number of rotatable bonds is 8. The number of likely N-dealkylation sites (N-methyl/N-ethyl adjacent to an activating group) is 1. The molecule has 0 aromatic carbocycles. The molecule has 0 aliphatic heterocycles. The zero-order valence-electron chi connectivity index (χ0n) is 10.8. The highest BCUT2D eigenvalue weighted by molar-refractivity contribution is 5.76. The lowest BCUT2D eigenvalue weighted by Gasteiger charge is -2.30. The fourth-order valence-electron chi connectivity index (χ4n) is 1.66. The Morgan fingerprint density at radius 2 is 2.12 bits per heavy atom. The predicted octanol–water partition coefficient (Wildman–Crippen LogP) is 0.605. The molecule has 4 heteroatoms. The smallest absolute Gasteiger partial charge is 0.183 e. The number of carbonyl (C=O) groups is 1. The molecular weight excluding hydrogens is 206 g/mol. The van der Waals surface area contributed by atoms with Crippen LogP contribution in [0.3, 0.4) is 0 Å². The molecule has 4 nitrogen and oxygen atoms in total. The van der Waals surface area contributed by atoms with Gasteiger partial charge < -0.3 is 14.3 Å². The molecule has 0 radical (unpaired) electrons. The molecule has 1 unspecified atom stereocenters. The van der Waals surface area contributed by atoms with E-state index in [0.717, 1.165) is 0 Å². The topological polar surface area (TPSA) is 46.5 Å². The molecule has 0 bridgehead atoms. The molecule has 0 aliphatic rings. The monoisotopic (exact) mass is 230 g/mol. The first-order chi connectivity index (χ1) is 7.37. The third-order valence-corrected chi connectivity index (χ3v) is 2.12. The highest BCUT2D eigenvalue weighted by Crippen LogP contribution is 2.01. The molecule has 0 heterocycles. The Hall–Kier alpha value is -0.710. The minimum atomic E-state index is -0.528. The van der Waals surface area contributed by atoms with Gasteiger partial charge in [0, 0.05) is 6.92 Å². The van der Waals surface area contributed by atoms with Crippen LogP contribution in [0.25, 0.3) is 0 Å². The van der Waals surface area contributed by atoms with Crippen molar-refractivity contribution in [1.82, 2.24) is 0 Å². The summed E-state index contributed by atoms with van der Waals surface area (Å²) in [5, 5.41) is 9.72. The van der Waals surface area contributed by atoms with Crippen molar-refractivity contribution in [3.05, 3.63) is 12.2 Å². The lowest BCUT2D eigenvalue weighted by Crippen LogP contribution is -2.49. The van der Waals surface area contributed by atoms with Crippen LogP contribution in [0.4, 0.5) is 0 Å². The molecule has 0 fully saturated rings. The Morgan fingerprint density at radius 1 is 1.50 bits per heavy atom. The van der Waals surface area contributed by atoms with Crippen molar-refractivity contribution < 1.29 is 19.1 Å². The summed E-state index contributed by atoms with van der Waals surface area (Å²) in [6.45, 7) is 5.28. The number of allylic oxidation sites excluding steroid dienone is 1. The van der Waals surface area contributed by atoms with Crippen molar-refractivity contribution in [1.29, 1.82) is 0 Å². The van der Waals surface area contributed by atoms with E-state index in [1.54, 1.807) is 6.92 Å². The predicted molar refractivity (Wildman–Crippen MR) is 64.2 cm³/mol. The third-order valence-electron chi connectivity index (χ3n) is 2.12. The first-order valence-corrected chi connectivity index (χ1v) is 5.56. The van der Waals surface area contributed by atoms with E-state index in [9.17, 15) is 9.90 Å². The largest absolute Gasteiger partial charge is 0.385 e. The van der Waals surface area contributed by atoms with E-state index in [1.807, 2.05) is 33.2 Å². The lowest BCUT2D eigenvalue weighted by atomic mass is 10.3. The van der Waals surface area contributed by atoms with Crippen molar-refractivity contribution in [2.75, 3.05) is 40.4 Å². The SMILES string of the molecule is C/C=C/COCC(O)C[N+](C)(C)CC(C)=O. The van der Waals surface area contributed by atoms with Crippen LogP contribution >= 0.6 is 0 Å². The van der Waals surface area contributed by atoms with Crippen LogP contribution in [-0.4, -0.2) is 61.9 Å². The zero-order valence-corrected chi connectivity index (χ0v) is 10.8. The minimum absolute atomic E-state index is 0.132. The van der Waals surface area contributed by atoms with Crippen molar-refractivity contribution in [2.45, 2.75) is 20.0 Å². The van der Waals surface area contributed by atoms with Crippen LogP contribution < -0.4 is 0 Å². The Labute approximate surface area is 98.1 Å². The van der Waals surface area contributed by atoms with E-state index in [2.05, 4.69) is 0 Å². The summed E-state index contributed by atoms with van der Waals surface area (Å²) in [6.07, 6.45) is 3.27. The number of aliphatic hydroxyl groups excluding tert-OH is 1. The highest BCUT2D eigenvalue weighted by Gasteiger charge is 2.22. The van der Waals surface area contributed by atoms with Gasteiger partial charge in [0.2, 0.25) is 0 Å². The van der Waals surface area contributed by atoms with Gasteiger partial charge in [-0.2, -0.15) is 0 Å². The van der Waals surface area contributed by atoms with Crippen LogP contribution in [0.1, 0.15) is 13.8 Å². The van der Waals surface area contributed by atoms with E-state index in [4.69, 9.17) is 4.74 Å². The molecule has 94 valence electrons. The van der Waals surface area contributed by atoms with E-state index in [-0.39, 0.29) is 5.78 Å². The Bertz CT molecular complexity index is 236. The quantitative estimate of drug-likeness (QED) is 0.377. The average molecular weight is 230 g/mol. The molecule has 1 N–H and O–H groups in total. The number of carbonyl (C=O) groups excluding carboxylic acids is 1. The van der Waals surface area contributed by atoms with Crippen molar-refractivity contribution >= 4 is 5.78 Å². The lowest BCUT2D eigenvalue weighted by molar-refractivity contribution is -0.885. The fourth-order valence-corrected chi connectivity index (χ4v) is 1.66. The normalized spacial score (nSPS) is 14.3. The molecule has 0 rings (SSSR count). The third kappa shape index (κ3) is 8.59. The molecule has 0 aromatic heterocycles. The number of Topliss-reactive ketones (excluding diaryl/α,β-unsaturated/α-hetero) is 1. The number of hydrogen-bond acceptors (Lipinski definition) is 3. The van der Waals surface area contributed by atoms with Gasteiger partial charge in [-0.05, 0) is 6.92 Å². The Morgan fingerprint density at radius 3 is 2.62 bits per heavy atom. The number of ether oxygens (including phenoxy) is 1. The maximum atomic E-state index is 11.0. The van der Waals surface area contributed by atoms with E-state index < -0.39 is 6.10 Å². The molecule has 0 aromatic rings. The number of nitrogens with zero attached hydrogens (tertiary/aromatic N) is 1. The Balaban J connectivity index is 3.84. The standard InChI is InChI=1S/C12H24NO3/c1-5-6-7-16-10-12(15)9-13(3,4)8-11(2)14/h5-6,12,15H,7-10H2,1-4H3/q+1/b6-5+. The van der Waals surface area contributed by atoms with Gasteiger partial charge in [-0.3, -0.25) is 4.79 Å². The zero-order chi connectivity index (χ0) is 12.6. The van der Waals surface area contributed by atoms with E-state index in [1.165, 1.54) is 0 Å². The van der Waals surface area contributed by atoms with Crippen LogP contribution in [0.5, 0.6) is 0 Å². The molecule has 0 saturated heterocycles. The molecule has 0 saturated carbocycles. The average Bonchev–Trinajstić information content (AvgIpc) is 2.09. The first kappa shape index (κ1) is 15.3. The summed E-state index contributed by atoms with van der Waals surface area (Å²) in [5.74, 6) is 0.132. The van der Waals surface area contributed by atoms with E-state index >= 15 is 0 Å². The second kappa shape index (κ2) is 7.54. The molecular formula is C12H24NO3+. The molecule has 0 aliphatic carbocycles. The fraction of sp³-hybridized carbons (Fsp3) is 0.750. The number of ketones is 1. The van der Waals surface area contributed by atoms with Crippen molar-refractivity contribution in [3.63, 3.8) is 0 Å². The molecule has 1 atom stereocenters. The summed E-state index contributed by atoms with van der Waals surface area (Å²) < 4.78 is 5.74. The van der Waals surface area contributed by atoms with Crippen LogP contribution in [0, 0.1) is 0 Å². The van der Waals surface area contributed by atoms with Gasteiger partial charge in [0.05, 0.1) is 27.3 Å². The molecule has 16 heavy (non-hydrogen) atoms. The maximum Gasteiger partial charge on any atom is 0.183 e. The van der Waals surface area contributed by atoms with Gasteiger partial charge in [0.15, 0.2) is 5.78 Å². The van der Waals surface area contributed by atoms with Gasteiger partial charge in [0.25, 0.3) is 0 Å². The molecule has 0 spiro atoms. The van der Waals surface area contributed by atoms with Crippen molar-refractivity contribution in [2.24, 2.45) is 0 Å². The number of hydrogen-bond donors (Lipinski definition) is 1. The second-order valence-electron chi connectivity index (χ2n) is 4.74. The van der Waals surface area contributed by atoms with Gasteiger partial charge in [-0.15, -0.1) is 0 Å². The number of aliphatic hydroxyl groups is 1. The van der Waals surface area contributed by atoms with Crippen molar-refractivity contribution in [3.8, 4) is 0 Å². The van der Waals surface area contributed by atoms with Gasteiger partial charge >= 0.3 is 0 Å². The number of quaternary nitrogens is 1. The maximum absolute atomic E-state index is 11.0.